The zero-order valence-electron chi connectivity index (χ0n) is 8.53. The molecule has 2 N–H and O–H groups in total. The molecule has 0 radical (unpaired) electrons. The molecule has 0 saturated carbocycles. The zero-order valence-corrected chi connectivity index (χ0v) is 8.53. The molecule has 0 bridgehead atoms. The molecule has 0 aromatic carbocycles. The van der Waals surface area contributed by atoms with Gasteiger partial charge in [0.2, 0.25) is 5.95 Å². The first-order chi connectivity index (χ1) is 8.08. The van der Waals surface area contributed by atoms with Crippen LogP contribution in [0.5, 0.6) is 0 Å². The van der Waals surface area contributed by atoms with Crippen molar-refractivity contribution in [1.82, 2.24) is 15.2 Å². The van der Waals surface area contributed by atoms with Gasteiger partial charge in [-0.1, -0.05) is 6.58 Å². The summed E-state index contributed by atoms with van der Waals surface area (Å²) in [6.07, 6.45) is 1.36. The Labute approximate surface area is 94.9 Å². The van der Waals surface area contributed by atoms with Crippen molar-refractivity contribution in [3.63, 3.8) is 0 Å². The number of hydrogen-bond acceptors (Lipinski definition) is 7. The number of nitrogen functional groups attached to an aromatic ring is 1. The van der Waals surface area contributed by atoms with Crippen LogP contribution in [-0.2, 0) is 0 Å². The van der Waals surface area contributed by atoms with Gasteiger partial charge in [0.25, 0.3) is 0 Å². The highest BCUT2D eigenvalue weighted by Gasteiger charge is 2.15. The van der Waals surface area contributed by atoms with Crippen molar-refractivity contribution in [2.75, 3.05) is 5.73 Å². The van der Waals surface area contributed by atoms with Crippen LogP contribution in [0.25, 0.3) is 5.57 Å². The van der Waals surface area contributed by atoms with Crippen LogP contribution in [-0.4, -0.2) is 20.1 Å². The van der Waals surface area contributed by atoms with Crippen LogP contribution < -0.4 is 5.73 Å². The Hall–Kier alpha value is -2.77. The highest BCUT2D eigenvalue weighted by Crippen LogP contribution is 2.24. The van der Waals surface area contributed by atoms with Gasteiger partial charge in [0, 0.05) is 5.57 Å². The summed E-state index contributed by atoms with van der Waals surface area (Å²) >= 11 is 0. The van der Waals surface area contributed by atoms with Gasteiger partial charge in [-0.25, -0.2) is 4.98 Å². The maximum absolute atomic E-state index is 10.4. The molecule has 0 unspecified atom stereocenters. The molecule has 0 aliphatic rings. The average molecular weight is 233 g/mol. The quantitative estimate of drug-likeness (QED) is 0.620. The molecular weight excluding hydrogens is 226 g/mol. The number of anilines is 1. The number of nitrogens with zero attached hydrogens (tertiary/aromatic N) is 4. The number of nitro groups is 1. The van der Waals surface area contributed by atoms with Crippen molar-refractivity contribution in [1.29, 1.82) is 0 Å². The normalized spacial score (nSPS) is 10.1. The standard InChI is InChI=1S/C9H7N5O3/c1-5(6-4-11-9(10)13-12-6)7-2-3-8(17-7)14(15)16/h2-4H,1H2,(H2,10,11,13). The van der Waals surface area contributed by atoms with E-state index in [1.54, 1.807) is 0 Å². The Kier molecular flexibility index (Phi) is 2.53. The Morgan fingerprint density at radius 1 is 1.47 bits per heavy atom. The minimum absolute atomic E-state index is 0.0342. The minimum atomic E-state index is -0.635. The van der Waals surface area contributed by atoms with Gasteiger partial charge in [-0.15, -0.1) is 10.2 Å². The van der Waals surface area contributed by atoms with Crippen molar-refractivity contribution in [2.45, 2.75) is 0 Å². The van der Waals surface area contributed by atoms with Gasteiger partial charge >= 0.3 is 5.88 Å². The fourth-order valence-electron chi connectivity index (χ4n) is 1.14. The first-order valence-electron chi connectivity index (χ1n) is 4.47. The van der Waals surface area contributed by atoms with E-state index in [4.69, 9.17) is 10.2 Å². The molecule has 0 aliphatic heterocycles. The van der Waals surface area contributed by atoms with E-state index in [0.717, 1.165) is 0 Å². The fourth-order valence-corrected chi connectivity index (χ4v) is 1.14. The van der Waals surface area contributed by atoms with Crippen molar-refractivity contribution in [2.24, 2.45) is 0 Å². The third-order valence-corrected chi connectivity index (χ3v) is 1.96. The van der Waals surface area contributed by atoms with E-state index in [0.29, 0.717) is 11.3 Å². The van der Waals surface area contributed by atoms with Crippen LogP contribution in [0.15, 0.2) is 29.3 Å². The van der Waals surface area contributed by atoms with Gasteiger partial charge in [0.05, 0.1) is 12.3 Å². The van der Waals surface area contributed by atoms with E-state index in [9.17, 15) is 10.1 Å². The van der Waals surface area contributed by atoms with Crippen molar-refractivity contribution in [3.8, 4) is 0 Å². The molecule has 0 saturated heterocycles. The Morgan fingerprint density at radius 2 is 2.24 bits per heavy atom. The molecule has 17 heavy (non-hydrogen) atoms. The van der Waals surface area contributed by atoms with Gasteiger partial charge in [-0.3, -0.25) is 10.1 Å². The van der Waals surface area contributed by atoms with Crippen LogP contribution in [0.4, 0.5) is 11.8 Å². The van der Waals surface area contributed by atoms with Crippen LogP contribution in [0.2, 0.25) is 0 Å². The van der Waals surface area contributed by atoms with E-state index in [1.165, 1.54) is 18.3 Å². The predicted octanol–water partition coefficient (Wildman–Crippen LogP) is 1.02. The molecule has 8 heteroatoms. The summed E-state index contributed by atoms with van der Waals surface area (Å²) in [6.45, 7) is 3.70. The second-order valence-corrected chi connectivity index (χ2v) is 3.08. The second kappa shape index (κ2) is 4.00. The summed E-state index contributed by atoms with van der Waals surface area (Å²) in [5.74, 6) is -0.0953. The Bertz CT molecular complexity index is 575. The summed E-state index contributed by atoms with van der Waals surface area (Å²) in [4.78, 5) is 13.5. The van der Waals surface area contributed by atoms with Crippen molar-refractivity contribution in [3.05, 3.63) is 46.5 Å². The predicted molar refractivity (Wildman–Crippen MR) is 57.7 cm³/mol. The molecule has 0 aliphatic carbocycles. The first-order valence-corrected chi connectivity index (χ1v) is 4.47. The lowest BCUT2D eigenvalue weighted by Gasteiger charge is -1.99. The number of hydrogen-bond donors (Lipinski definition) is 1. The third kappa shape index (κ3) is 2.09. The maximum Gasteiger partial charge on any atom is 0.433 e. The summed E-state index contributed by atoms with van der Waals surface area (Å²) < 4.78 is 4.97. The smallest absolute Gasteiger partial charge is 0.401 e. The van der Waals surface area contributed by atoms with Gasteiger partial charge in [-0.05, 0) is 6.07 Å². The average Bonchev–Trinajstić information content (AvgIpc) is 2.78. The first kappa shape index (κ1) is 10.7. The molecule has 0 amide bonds. The number of nitrogens with two attached hydrogens (primary N) is 1. The summed E-state index contributed by atoms with van der Waals surface area (Å²) in [7, 11) is 0. The molecular formula is C9H7N5O3. The summed E-state index contributed by atoms with van der Waals surface area (Å²) in [5.41, 5.74) is 5.96. The number of furan rings is 1. The van der Waals surface area contributed by atoms with E-state index >= 15 is 0 Å². The van der Waals surface area contributed by atoms with Gasteiger partial charge in [0.1, 0.15) is 16.4 Å². The highest BCUT2D eigenvalue weighted by atomic mass is 16.6. The molecule has 2 aromatic heterocycles. The van der Waals surface area contributed by atoms with E-state index in [2.05, 4.69) is 21.8 Å². The Balaban J connectivity index is 2.30. The lowest BCUT2D eigenvalue weighted by molar-refractivity contribution is -0.402. The second-order valence-electron chi connectivity index (χ2n) is 3.08. The van der Waals surface area contributed by atoms with Gasteiger partial charge < -0.3 is 10.2 Å². The maximum atomic E-state index is 10.4. The van der Waals surface area contributed by atoms with E-state index < -0.39 is 4.92 Å². The van der Waals surface area contributed by atoms with Gasteiger partial charge in [0.15, 0.2) is 0 Å². The topological polar surface area (TPSA) is 121 Å². The largest absolute Gasteiger partial charge is 0.433 e. The molecule has 0 fully saturated rings. The summed E-state index contributed by atoms with van der Waals surface area (Å²) in [6, 6.07) is 2.66. The lowest BCUT2D eigenvalue weighted by Crippen LogP contribution is -1.99. The third-order valence-electron chi connectivity index (χ3n) is 1.96. The summed E-state index contributed by atoms with van der Waals surface area (Å²) in [5, 5.41) is 17.7. The van der Waals surface area contributed by atoms with Crippen LogP contribution in [0.1, 0.15) is 11.5 Å². The highest BCUT2D eigenvalue weighted by molar-refractivity contribution is 5.72. The van der Waals surface area contributed by atoms with E-state index in [1.807, 2.05) is 0 Å². The van der Waals surface area contributed by atoms with Crippen LogP contribution >= 0.6 is 0 Å². The molecule has 0 spiro atoms. The molecule has 2 heterocycles. The molecule has 0 atom stereocenters. The SMILES string of the molecule is C=C(c1cnc(N)nn1)c1ccc([N+](=O)[O-])o1. The Morgan fingerprint density at radius 3 is 2.76 bits per heavy atom. The number of aromatic nitrogens is 3. The van der Waals surface area contributed by atoms with Crippen LogP contribution in [0.3, 0.4) is 0 Å². The van der Waals surface area contributed by atoms with Gasteiger partial charge in [-0.2, -0.15) is 0 Å². The molecule has 2 rings (SSSR count). The van der Waals surface area contributed by atoms with Crippen LogP contribution in [0, 0.1) is 10.1 Å². The number of rotatable bonds is 3. The minimum Gasteiger partial charge on any atom is -0.401 e. The molecule has 86 valence electrons. The van der Waals surface area contributed by atoms with Crippen molar-refractivity contribution >= 4 is 17.4 Å². The monoisotopic (exact) mass is 233 g/mol. The molecule has 2 aromatic rings. The fraction of sp³-hybridized carbons (Fsp3) is 0. The van der Waals surface area contributed by atoms with Crippen molar-refractivity contribution < 1.29 is 9.34 Å². The van der Waals surface area contributed by atoms with E-state index in [-0.39, 0.29) is 17.6 Å². The molecule has 8 nitrogen and oxygen atoms in total. The zero-order chi connectivity index (χ0) is 12.4. The lowest BCUT2D eigenvalue weighted by atomic mass is 10.2.